The summed E-state index contributed by atoms with van der Waals surface area (Å²) in [7, 11) is 0. The third-order valence-electron chi connectivity index (χ3n) is 7.31. The molecule has 0 bridgehead atoms. The van der Waals surface area contributed by atoms with Crippen molar-refractivity contribution in [2.45, 2.75) is 40.0 Å². The van der Waals surface area contributed by atoms with Gasteiger partial charge in [-0.3, -0.25) is 0 Å². The van der Waals surface area contributed by atoms with Gasteiger partial charge in [-0.05, 0) is 52.4 Å². The van der Waals surface area contributed by atoms with Crippen molar-refractivity contribution >= 4 is 0 Å². The minimum absolute atomic E-state index is 0. The zero-order valence-corrected chi connectivity index (χ0v) is 28.2. The predicted molar refractivity (Wildman–Crippen MR) is 180 cm³/mol. The zero-order valence-electron chi connectivity index (χ0n) is 25.8. The Labute approximate surface area is 276 Å². The van der Waals surface area contributed by atoms with E-state index < -0.39 is 0 Å². The molecule has 4 aromatic carbocycles. The van der Waals surface area contributed by atoms with Gasteiger partial charge in [-0.1, -0.05) is 112 Å². The van der Waals surface area contributed by atoms with Gasteiger partial charge in [0.05, 0.1) is 0 Å². The molecule has 0 amide bonds. The molecule has 0 saturated carbocycles. The number of nitrogens with zero attached hydrogens (tertiary/aromatic N) is 2. The molecule has 44 heavy (non-hydrogen) atoms. The van der Waals surface area contributed by atoms with Crippen LogP contribution < -0.4 is 0 Å². The first kappa shape index (κ1) is 32.7. The van der Waals surface area contributed by atoms with Gasteiger partial charge in [-0.2, -0.15) is 0 Å². The van der Waals surface area contributed by atoms with Crippen molar-refractivity contribution in [2.24, 2.45) is 5.41 Å². The fourth-order valence-corrected chi connectivity index (χ4v) is 5.22. The average molecular weight is 751 g/mol. The second-order valence-electron chi connectivity index (χ2n) is 12.0. The van der Waals surface area contributed by atoms with Crippen LogP contribution in [-0.4, -0.2) is 9.97 Å². The number of aromatic nitrogens is 2. The molecule has 0 aliphatic rings. The molecule has 0 spiro atoms. The smallest absolute Gasteiger partial charge is 0.0163 e. The van der Waals surface area contributed by atoms with Crippen molar-refractivity contribution in [3.05, 3.63) is 169 Å². The topological polar surface area (TPSA) is 25.8 Å². The number of hydrogen-bond donors (Lipinski definition) is 0. The standard InChI is InChI=1S/C25H20N.C16H18N.Ir/c1-19(20-10-4-2-5-11-20)24-16-9-17-26-25(24)23-15-8-14-22(18-23)21-12-6-3-7-13-21;1-16(2,3)12-13-9-10-17-15(11-13)14-7-5-4-6-8-14;/h2-14,16-19H,1H3;4-7,9-11H,12H2,1-3H3;/q2*-1;. The van der Waals surface area contributed by atoms with Gasteiger partial charge < -0.3 is 9.97 Å². The van der Waals surface area contributed by atoms with Crippen LogP contribution >= 0.6 is 0 Å². The van der Waals surface area contributed by atoms with E-state index in [0.717, 1.165) is 28.9 Å². The summed E-state index contributed by atoms with van der Waals surface area (Å²) in [5.41, 5.74) is 10.6. The van der Waals surface area contributed by atoms with Crippen LogP contribution in [0.3, 0.4) is 0 Å². The van der Waals surface area contributed by atoms with Crippen molar-refractivity contribution in [3.63, 3.8) is 0 Å². The molecule has 6 rings (SSSR count). The Bertz CT molecular complexity index is 1730. The van der Waals surface area contributed by atoms with Gasteiger partial charge in [0.1, 0.15) is 0 Å². The van der Waals surface area contributed by atoms with Crippen LogP contribution in [0.4, 0.5) is 0 Å². The molecule has 2 aromatic heterocycles. The van der Waals surface area contributed by atoms with Gasteiger partial charge in [0.2, 0.25) is 0 Å². The number of rotatable bonds is 6. The van der Waals surface area contributed by atoms with Crippen LogP contribution in [-0.2, 0) is 26.5 Å². The maximum absolute atomic E-state index is 4.70. The number of benzene rings is 4. The van der Waals surface area contributed by atoms with Gasteiger partial charge in [-0.15, -0.1) is 71.3 Å². The Morgan fingerprint density at radius 3 is 2.05 bits per heavy atom. The minimum Gasteiger partial charge on any atom is -0.305 e. The fourth-order valence-electron chi connectivity index (χ4n) is 5.22. The summed E-state index contributed by atoms with van der Waals surface area (Å²) in [6, 6.07) is 50.3. The van der Waals surface area contributed by atoms with E-state index in [2.05, 4.69) is 130 Å². The Morgan fingerprint density at radius 1 is 0.636 bits per heavy atom. The van der Waals surface area contributed by atoms with E-state index in [4.69, 9.17) is 4.98 Å². The van der Waals surface area contributed by atoms with E-state index in [1.807, 2.05) is 54.9 Å². The Hall–Kier alpha value is -4.17. The molecule has 0 fully saturated rings. The normalized spacial score (nSPS) is 11.5. The fraction of sp³-hybridized carbons (Fsp3) is 0.171. The van der Waals surface area contributed by atoms with E-state index in [9.17, 15) is 0 Å². The molecule has 0 N–H and O–H groups in total. The maximum atomic E-state index is 4.70. The van der Waals surface area contributed by atoms with Gasteiger partial charge in [-0.25, -0.2) is 0 Å². The molecule has 0 aliphatic heterocycles. The van der Waals surface area contributed by atoms with Crippen molar-refractivity contribution < 1.29 is 20.1 Å². The molecule has 1 radical (unpaired) electrons. The second kappa shape index (κ2) is 15.5. The molecule has 1 unspecified atom stereocenters. The van der Waals surface area contributed by atoms with E-state index in [1.54, 1.807) is 0 Å². The molecule has 0 aliphatic carbocycles. The van der Waals surface area contributed by atoms with E-state index in [1.165, 1.54) is 27.8 Å². The molecule has 1 atom stereocenters. The summed E-state index contributed by atoms with van der Waals surface area (Å²) in [5.74, 6) is 0.272. The van der Waals surface area contributed by atoms with Gasteiger partial charge >= 0.3 is 0 Å². The molecule has 223 valence electrons. The van der Waals surface area contributed by atoms with Gasteiger partial charge in [0.15, 0.2) is 0 Å². The van der Waals surface area contributed by atoms with E-state index in [-0.39, 0.29) is 26.0 Å². The molecular formula is C41H38IrN2-2. The third-order valence-corrected chi connectivity index (χ3v) is 7.31. The van der Waals surface area contributed by atoms with Crippen LogP contribution in [0, 0.1) is 17.5 Å². The largest absolute Gasteiger partial charge is 0.305 e. The van der Waals surface area contributed by atoms with Gasteiger partial charge in [0.25, 0.3) is 0 Å². The third kappa shape index (κ3) is 8.92. The molecular weight excluding hydrogens is 713 g/mol. The summed E-state index contributed by atoms with van der Waals surface area (Å²) in [5, 5.41) is 0. The van der Waals surface area contributed by atoms with E-state index in [0.29, 0.717) is 5.41 Å². The SMILES string of the molecule is CC(C)(C)Cc1ccnc(-c2[c-]cccc2)c1.CC(c1ccccc1)c1cccnc1-c1[c-]ccc(-c2ccccc2)c1.[Ir]. The first-order valence-electron chi connectivity index (χ1n) is 14.9. The quantitative estimate of drug-likeness (QED) is 0.159. The van der Waals surface area contributed by atoms with Crippen molar-refractivity contribution in [1.82, 2.24) is 9.97 Å². The number of pyridine rings is 2. The Morgan fingerprint density at radius 2 is 1.34 bits per heavy atom. The Balaban J connectivity index is 0.000000214. The van der Waals surface area contributed by atoms with Crippen molar-refractivity contribution in [3.8, 4) is 33.6 Å². The van der Waals surface area contributed by atoms with Crippen molar-refractivity contribution in [2.75, 3.05) is 0 Å². The predicted octanol–water partition coefficient (Wildman–Crippen LogP) is 10.5. The van der Waals surface area contributed by atoms with Crippen LogP contribution in [0.15, 0.2) is 140 Å². The summed E-state index contributed by atoms with van der Waals surface area (Å²) < 4.78 is 0. The van der Waals surface area contributed by atoms with E-state index >= 15 is 0 Å². The molecule has 2 heterocycles. The first-order valence-corrected chi connectivity index (χ1v) is 14.9. The average Bonchev–Trinajstić information content (AvgIpc) is 3.05. The zero-order chi connectivity index (χ0) is 30.1. The second-order valence-corrected chi connectivity index (χ2v) is 12.0. The first-order chi connectivity index (χ1) is 20.9. The molecule has 6 aromatic rings. The molecule has 0 saturated heterocycles. The Kier molecular flexibility index (Phi) is 11.5. The monoisotopic (exact) mass is 751 g/mol. The van der Waals surface area contributed by atoms with Crippen LogP contribution in [0.1, 0.15) is 50.3 Å². The summed E-state index contributed by atoms with van der Waals surface area (Å²) in [4.78, 5) is 9.11. The van der Waals surface area contributed by atoms with Crippen LogP contribution in [0.25, 0.3) is 33.6 Å². The molecule has 3 heteroatoms. The van der Waals surface area contributed by atoms with Crippen molar-refractivity contribution in [1.29, 1.82) is 0 Å². The number of hydrogen-bond acceptors (Lipinski definition) is 2. The molecule has 2 nitrogen and oxygen atoms in total. The minimum atomic E-state index is 0. The van der Waals surface area contributed by atoms with Crippen LogP contribution in [0.5, 0.6) is 0 Å². The summed E-state index contributed by atoms with van der Waals surface area (Å²) in [6.45, 7) is 8.99. The maximum Gasteiger partial charge on any atom is 0.0163 e. The van der Waals surface area contributed by atoms with Gasteiger partial charge in [0, 0.05) is 32.5 Å². The summed E-state index contributed by atoms with van der Waals surface area (Å²) >= 11 is 0. The van der Waals surface area contributed by atoms with Crippen LogP contribution in [0.2, 0.25) is 0 Å². The summed E-state index contributed by atoms with van der Waals surface area (Å²) in [6.07, 6.45) is 4.81.